The molecule has 0 spiro atoms. The van der Waals surface area contributed by atoms with Crippen LogP contribution in [0.1, 0.15) is 24.2 Å². The van der Waals surface area contributed by atoms with Crippen LogP contribution < -0.4 is 16.8 Å². The number of nitrogens with one attached hydrogen (secondary N) is 1. The molecule has 0 aliphatic rings. The highest BCUT2D eigenvalue weighted by molar-refractivity contribution is 8.00. The predicted molar refractivity (Wildman–Crippen MR) is 91.3 cm³/mol. The second-order valence-electron chi connectivity index (χ2n) is 4.89. The third-order valence-corrected chi connectivity index (χ3v) is 3.89. The number of benzene rings is 1. The summed E-state index contributed by atoms with van der Waals surface area (Å²) in [5.41, 5.74) is 12.3. The summed E-state index contributed by atoms with van der Waals surface area (Å²) >= 11 is 1.15. The zero-order valence-electron chi connectivity index (χ0n) is 12.7. The number of ketones is 1. The number of hydrogen-bond acceptors (Lipinski definition) is 7. The van der Waals surface area contributed by atoms with Crippen LogP contribution in [0.5, 0.6) is 0 Å². The fourth-order valence-electron chi connectivity index (χ4n) is 1.79. The number of hydrogen-bond donors (Lipinski definition) is 3. The van der Waals surface area contributed by atoms with E-state index in [1.807, 2.05) is 0 Å². The van der Waals surface area contributed by atoms with Crippen molar-refractivity contribution in [2.24, 2.45) is 0 Å². The molecule has 7 nitrogen and oxygen atoms in total. The zero-order chi connectivity index (χ0) is 17.0. The van der Waals surface area contributed by atoms with E-state index in [0.717, 1.165) is 11.8 Å². The van der Waals surface area contributed by atoms with Gasteiger partial charge in [0.05, 0.1) is 5.25 Å². The minimum atomic E-state index is -0.461. The second kappa shape index (κ2) is 7.10. The monoisotopic (exact) mass is 331 g/mol. The van der Waals surface area contributed by atoms with Crippen molar-refractivity contribution in [2.45, 2.75) is 24.3 Å². The lowest BCUT2D eigenvalue weighted by atomic mass is 10.1. The van der Waals surface area contributed by atoms with E-state index >= 15 is 0 Å². The van der Waals surface area contributed by atoms with E-state index in [4.69, 9.17) is 11.5 Å². The molecule has 2 rings (SSSR count). The van der Waals surface area contributed by atoms with Crippen molar-refractivity contribution in [1.29, 1.82) is 0 Å². The van der Waals surface area contributed by atoms with Crippen LogP contribution in [-0.2, 0) is 4.79 Å². The van der Waals surface area contributed by atoms with Gasteiger partial charge in [-0.25, -0.2) is 9.97 Å². The Morgan fingerprint density at radius 1 is 1.17 bits per heavy atom. The number of carbonyl (C=O) groups is 2. The zero-order valence-corrected chi connectivity index (χ0v) is 13.6. The molecule has 0 bridgehead atoms. The molecule has 0 unspecified atom stereocenters. The third-order valence-electron chi connectivity index (χ3n) is 2.93. The van der Waals surface area contributed by atoms with Crippen LogP contribution in [0, 0.1) is 0 Å². The molecule has 1 atom stereocenters. The second-order valence-corrected chi connectivity index (χ2v) is 6.19. The van der Waals surface area contributed by atoms with Crippen LogP contribution in [0.2, 0.25) is 0 Å². The number of carbonyl (C=O) groups excluding carboxylic acids is 2. The number of amides is 1. The van der Waals surface area contributed by atoms with Gasteiger partial charge in [0.15, 0.2) is 10.9 Å². The fourth-order valence-corrected chi connectivity index (χ4v) is 2.58. The van der Waals surface area contributed by atoms with Gasteiger partial charge in [0.1, 0.15) is 11.6 Å². The van der Waals surface area contributed by atoms with Gasteiger partial charge in [0, 0.05) is 17.3 Å². The molecule has 1 amide bonds. The Bertz CT molecular complexity index is 730. The largest absolute Gasteiger partial charge is 0.383 e. The standard InChI is InChI=1S/C15H17N5O2S/c1-8(21)10-4-3-5-11(6-10)18-14(22)9(2)23-15-19-12(16)7-13(17)20-15/h3-7,9H,1-2H3,(H,18,22)(H4,16,17,19,20)/t9-/m1/s1. The molecule has 120 valence electrons. The lowest BCUT2D eigenvalue weighted by molar-refractivity contribution is -0.115. The SMILES string of the molecule is CC(=O)c1cccc(NC(=O)[C@@H](C)Sc2nc(N)cc(N)n2)c1. The number of nitrogens with zero attached hydrogens (tertiary/aromatic N) is 2. The average Bonchev–Trinajstić information content (AvgIpc) is 2.46. The van der Waals surface area contributed by atoms with E-state index in [0.29, 0.717) is 16.4 Å². The van der Waals surface area contributed by atoms with Gasteiger partial charge in [0.25, 0.3) is 0 Å². The molecule has 2 aromatic rings. The summed E-state index contributed by atoms with van der Waals surface area (Å²) in [5.74, 6) is 0.205. The Morgan fingerprint density at radius 3 is 2.43 bits per heavy atom. The van der Waals surface area contributed by atoms with Crippen LogP contribution in [0.25, 0.3) is 0 Å². The Morgan fingerprint density at radius 2 is 1.83 bits per heavy atom. The minimum absolute atomic E-state index is 0.0628. The highest BCUT2D eigenvalue weighted by atomic mass is 32.2. The van der Waals surface area contributed by atoms with Gasteiger partial charge >= 0.3 is 0 Å². The van der Waals surface area contributed by atoms with Crippen molar-refractivity contribution >= 4 is 40.8 Å². The Labute approximate surface area is 137 Å². The van der Waals surface area contributed by atoms with Crippen LogP contribution >= 0.6 is 11.8 Å². The predicted octanol–water partition coefficient (Wildman–Crippen LogP) is 1.96. The van der Waals surface area contributed by atoms with E-state index < -0.39 is 5.25 Å². The van der Waals surface area contributed by atoms with E-state index in [1.165, 1.54) is 13.0 Å². The number of thioether (sulfide) groups is 1. The van der Waals surface area contributed by atoms with E-state index in [1.54, 1.807) is 31.2 Å². The molecule has 0 saturated heterocycles. The first kappa shape index (κ1) is 16.8. The van der Waals surface area contributed by atoms with Crippen molar-refractivity contribution in [2.75, 3.05) is 16.8 Å². The summed E-state index contributed by atoms with van der Waals surface area (Å²) in [4.78, 5) is 31.6. The highest BCUT2D eigenvalue weighted by Crippen LogP contribution is 2.23. The van der Waals surface area contributed by atoms with Gasteiger partial charge in [-0.1, -0.05) is 23.9 Å². The average molecular weight is 331 g/mol. The molecular formula is C15H17N5O2S. The first-order valence-corrected chi connectivity index (χ1v) is 7.71. The Hall–Kier alpha value is -2.61. The lowest BCUT2D eigenvalue weighted by Gasteiger charge is -2.12. The first-order valence-electron chi connectivity index (χ1n) is 6.83. The summed E-state index contributed by atoms with van der Waals surface area (Å²) < 4.78 is 0. The minimum Gasteiger partial charge on any atom is -0.383 e. The van der Waals surface area contributed by atoms with Crippen LogP contribution in [0.15, 0.2) is 35.5 Å². The molecule has 1 aromatic heterocycles. The summed E-state index contributed by atoms with van der Waals surface area (Å²) in [5, 5.41) is 2.63. The number of aromatic nitrogens is 2. The van der Waals surface area contributed by atoms with Gasteiger partial charge in [0.2, 0.25) is 5.91 Å². The molecular weight excluding hydrogens is 314 g/mol. The molecule has 0 aliphatic heterocycles. The molecule has 0 saturated carbocycles. The molecule has 1 aromatic carbocycles. The highest BCUT2D eigenvalue weighted by Gasteiger charge is 2.17. The molecule has 5 N–H and O–H groups in total. The lowest BCUT2D eigenvalue weighted by Crippen LogP contribution is -2.23. The van der Waals surface area contributed by atoms with Crippen LogP contribution in [0.4, 0.5) is 17.3 Å². The van der Waals surface area contributed by atoms with Gasteiger partial charge in [-0.05, 0) is 26.0 Å². The molecule has 0 radical (unpaired) electrons. The summed E-state index contributed by atoms with van der Waals surface area (Å²) in [6.07, 6.45) is 0. The van der Waals surface area contributed by atoms with Gasteiger partial charge in [-0.2, -0.15) is 0 Å². The molecule has 8 heteroatoms. The maximum absolute atomic E-state index is 12.2. The van der Waals surface area contributed by atoms with Crippen molar-refractivity contribution < 1.29 is 9.59 Å². The van der Waals surface area contributed by atoms with Crippen molar-refractivity contribution in [3.8, 4) is 0 Å². The van der Waals surface area contributed by atoms with Crippen molar-refractivity contribution in [1.82, 2.24) is 9.97 Å². The number of anilines is 3. The maximum Gasteiger partial charge on any atom is 0.237 e. The molecule has 23 heavy (non-hydrogen) atoms. The van der Waals surface area contributed by atoms with E-state index in [9.17, 15) is 9.59 Å². The number of nitrogens with two attached hydrogens (primary N) is 2. The van der Waals surface area contributed by atoms with E-state index in [-0.39, 0.29) is 23.3 Å². The normalized spacial score (nSPS) is 11.7. The molecule has 1 heterocycles. The van der Waals surface area contributed by atoms with Crippen LogP contribution in [0.3, 0.4) is 0 Å². The first-order chi connectivity index (χ1) is 10.8. The molecule has 0 fully saturated rings. The molecule has 0 aliphatic carbocycles. The summed E-state index contributed by atoms with van der Waals surface area (Å²) in [6.45, 7) is 3.19. The van der Waals surface area contributed by atoms with Crippen LogP contribution in [-0.4, -0.2) is 26.9 Å². The van der Waals surface area contributed by atoms with E-state index in [2.05, 4.69) is 15.3 Å². The van der Waals surface area contributed by atoms with Gasteiger partial charge in [-0.15, -0.1) is 0 Å². The number of Topliss-reactive ketones (excluding diaryl/α,β-unsaturated/α-hetero) is 1. The summed E-state index contributed by atoms with van der Waals surface area (Å²) in [6, 6.07) is 8.21. The Balaban J connectivity index is 2.05. The van der Waals surface area contributed by atoms with Gasteiger partial charge in [-0.3, -0.25) is 9.59 Å². The third kappa shape index (κ3) is 4.68. The van der Waals surface area contributed by atoms with Gasteiger partial charge < -0.3 is 16.8 Å². The number of rotatable bonds is 5. The summed E-state index contributed by atoms with van der Waals surface area (Å²) in [7, 11) is 0. The number of nitrogen functional groups attached to an aromatic ring is 2. The smallest absolute Gasteiger partial charge is 0.237 e. The Kier molecular flexibility index (Phi) is 5.17. The van der Waals surface area contributed by atoms with Crippen molar-refractivity contribution in [3.05, 3.63) is 35.9 Å². The van der Waals surface area contributed by atoms with Crippen molar-refractivity contribution in [3.63, 3.8) is 0 Å². The quantitative estimate of drug-likeness (QED) is 0.434. The topological polar surface area (TPSA) is 124 Å². The maximum atomic E-state index is 12.2. The fraction of sp³-hybridized carbons (Fsp3) is 0.200.